The van der Waals surface area contributed by atoms with Crippen LogP contribution in [-0.4, -0.2) is 32.9 Å². The second kappa shape index (κ2) is 9.70. The Balaban J connectivity index is 1.44. The maximum absolute atomic E-state index is 11.9. The van der Waals surface area contributed by atoms with Crippen molar-refractivity contribution in [1.29, 1.82) is 0 Å². The van der Waals surface area contributed by atoms with Crippen molar-refractivity contribution in [2.75, 3.05) is 5.75 Å². The summed E-state index contributed by atoms with van der Waals surface area (Å²) in [6, 6.07) is 17.0. The summed E-state index contributed by atoms with van der Waals surface area (Å²) in [5, 5.41) is 12.4. The fourth-order valence-electron chi connectivity index (χ4n) is 2.45. The monoisotopic (exact) mass is 395 g/mol. The average Bonchev–Trinajstić information content (AvgIpc) is 3.21. The molecule has 0 fully saturated rings. The fourth-order valence-corrected chi connectivity index (χ4v) is 3.05. The van der Waals surface area contributed by atoms with Crippen molar-refractivity contribution in [3.8, 4) is 11.4 Å². The first-order valence-corrected chi connectivity index (χ1v) is 9.88. The molecule has 0 aliphatic carbocycles. The topological polar surface area (TPSA) is 99.8 Å². The molecule has 28 heavy (non-hydrogen) atoms. The second-order valence-corrected chi connectivity index (χ2v) is 6.96. The number of aryl methyl sites for hydroxylation is 1. The summed E-state index contributed by atoms with van der Waals surface area (Å²) in [5.74, 6) is 0.283. The molecule has 0 radical (unpaired) electrons. The molecule has 0 aliphatic heterocycles. The van der Waals surface area contributed by atoms with Crippen molar-refractivity contribution in [2.45, 2.75) is 25.0 Å². The van der Waals surface area contributed by atoms with E-state index in [9.17, 15) is 9.59 Å². The fraction of sp³-hybridized carbons (Fsp3) is 0.200. The Hall–Kier alpha value is -3.13. The lowest BCUT2D eigenvalue weighted by Gasteiger charge is -2.06. The van der Waals surface area contributed by atoms with Crippen molar-refractivity contribution in [1.82, 2.24) is 25.8 Å². The van der Waals surface area contributed by atoms with Gasteiger partial charge in [-0.05, 0) is 17.5 Å². The standard InChI is InChI=1S/C20H21N5O2S/c1-2-14-8-10-16(11-9-14)18-23-20(25-24-18)28-13-17(26)22-19(27)21-12-15-6-4-3-5-7-15/h3-11H,2,12-13H2,1H3,(H,23,24,25)(H2,21,22,26,27). The highest BCUT2D eigenvalue weighted by atomic mass is 32.2. The van der Waals surface area contributed by atoms with Crippen LogP contribution in [0.15, 0.2) is 59.8 Å². The first-order chi connectivity index (χ1) is 13.6. The van der Waals surface area contributed by atoms with Gasteiger partial charge >= 0.3 is 6.03 Å². The van der Waals surface area contributed by atoms with Crippen molar-refractivity contribution < 1.29 is 9.59 Å². The minimum Gasteiger partial charge on any atom is -0.334 e. The number of aromatic amines is 1. The van der Waals surface area contributed by atoms with Gasteiger partial charge in [0.2, 0.25) is 11.1 Å². The van der Waals surface area contributed by atoms with Crippen LogP contribution in [0.25, 0.3) is 11.4 Å². The summed E-state index contributed by atoms with van der Waals surface area (Å²) in [4.78, 5) is 28.1. The van der Waals surface area contributed by atoms with E-state index in [0.717, 1.165) is 29.3 Å². The quantitative estimate of drug-likeness (QED) is 0.534. The number of aromatic nitrogens is 3. The molecule has 0 aliphatic rings. The number of amides is 3. The molecule has 3 amide bonds. The lowest BCUT2D eigenvalue weighted by atomic mass is 10.1. The van der Waals surface area contributed by atoms with Crippen molar-refractivity contribution >= 4 is 23.7 Å². The van der Waals surface area contributed by atoms with E-state index >= 15 is 0 Å². The number of carbonyl (C=O) groups excluding carboxylic acids is 2. The van der Waals surface area contributed by atoms with Crippen molar-refractivity contribution in [2.24, 2.45) is 0 Å². The number of H-pyrrole nitrogens is 1. The van der Waals surface area contributed by atoms with E-state index in [-0.39, 0.29) is 5.75 Å². The van der Waals surface area contributed by atoms with Gasteiger partial charge in [-0.2, -0.15) is 0 Å². The Morgan fingerprint density at radius 2 is 1.79 bits per heavy atom. The Kier molecular flexibility index (Phi) is 6.80. The molecule has 144 valence electrons. The number of nitrogens with one attached hydrogen (secondary N) is 3. The smallest absolute Gasteiger partial charge is 0.321 e. The summed E-state index contributed by atoms with van der Waals surface area (Å²) >= 11 is 1.16. The third-order valence-electron chi connectivity index (χ3n) is 3.98. The largest absolute Gasteiger partial charge is 0.334 e. The summed E-state index contributed by atoms with van der Waals surface area (Å²) in [5.41, 5.74) is 3.14. The molecular formula is C20H21N5O2S. The van der Waals surface area contributed by atoms with Gasteiger partial charge in [0.1, 0.15) is 0 Å². The molecule has 8 heteroatoms. The van der Waals surface area contributed by atoms with Crippen molar-refractivity contribution in [3.05, 3.63) is 65.7 Å². The number of urea groups is 1. The van der Waals surface area contributed by atoms with E-state index in [1.54, 1.807) is 0 Å². The van der Waals surface area contributed by atoms with Gasteiger partial charge in [0.25, 0.3) is 0 Å². The summed E-state index contributed by atoms with van der Waals surface area (Å²) in [7, 11) is 0. The van der Waals surface area contributed by atoms with Gasteiger partial charge < -0.3 is 5.32 Å². The molecule has 3 rings (SSSR count). The number of carbonyl (C=O) groups is 2. The third kappa shape index (κ3) is 5.68. The van der Waals surface area contributed by atoms with Crippen LogP contribution in [0.2, 0.25) is 0 Å². The summed E-state index contributed by atoms with van der Waals surface area (Å²) in [6.07, 6.45) is 0.978. The number of thioether (sulfide) groups is 1. The molecule has 0 unspecified atom stereocenters. The van der Waals surface area contributed by atoms with Gasteiger partial charge in [-0.15, -0.1) is 5.10 Å². The zero-order valence-electron chi connectivity index (χ0n) is 15.4. The SMILES string of the molecule is CCc1ccc(-c2nc(SCC(=O)NC(=O)NCc3ccccc3)n[nH]2)cc1. The molecule has 3 N–H and O–H groups in total. The van der Waals surface area contributed by atoms with Crippen LogP contribution >= 0.6 is 11.8 Å². The van der Waals surface area contributed by atoms with Crippen LogP contribution in [0.3, 0.4) is 0 Å². The van der Waals surface area contributed by atoms with E-state index in [1.165, 1.54) is 5.56 Å². The van der Waals surface area contributed by atoms with Crippen LogP contribution in [0.5, 0.6) is 0 Å². The maximum Gasteiger partial charge on any atom is 0.321 e. The van der Waals surface area contributed by atoms with Crippen LogP contribution < -0.4 is 10.6 Å². The summed E-state index contributed by atoms with van der Waals surface area (Å²) < 4.78 is 0. The third-order valence-corrected chi connectivity index (χ3v) is 4.83. The molecule has 0 spiro atoms. The van der Waals surface area contributed by atoms with E-state index in [0.29, 0.717) is 17.5 Å². The zero-order chi connectivity index (χ0) is 19.8. The van der Waals surface area contributed by atoms with Crippen molar-refractivity contribution in [3.63, 3.8) is 0 Å². The van der Waals surface area contributed by atoms with Crippen LogP contribution in [0, 0.1) is 0 Å². The van der Waals surface area contributed by atoms with Crippen LogP contribution in [-0.2, 0) is 17.8 Å². The number of imide groups is 1. The molecule has 2 aromatic carbocycles. The first-order valence-electron chi connectivity index (χ1n) is 8.90. The van der Waals surface area contributed by atoms with E-state index < -0.39 is 11.9 Å². The van der Waals surface area contributed by atoms with Gasteiger partial charge in [0.05, 0.1) is 5.75 Å². The molecule has 3 aromatic rings. The molecule has 0 saturated heterocycles. The highest BCUT2D eigenvalue weighted by Gasteiger charge is 2.11. The van der Waals surface area contributed by atoms with Gasteiger partial charge in [0.15, 0.2) is 5.82 Å². The van der Waals surface area contributed by atoms with E-state index in [2.05, 4.69) is 32.7 Å². The normalized spacial score (nSPS) is 10.5. The molecule has 1 aromatic heterocycles. The number of nitrogens with zero attached hydrogens (tertiary/aromatic N) is 2. The highest BCUT2D eigenvalue weighted by molar-refractivity contribution is 7.99. The Morgan fingerprint density at radius 3 is 2.50 bits per heavy atom. The lowest BCUT2D eigenvalue weighted by Crippen LogP contribution is -2.39. The molecule has 1 heterocycles. The molecule has 0 atom stereocenters. The predicted molar refractivity (Wildman–Crippen MR) is 109 cm³/mol. The predicted octanol–water partition coefficient (Wildman–Crippen LogP) is 3.15. The zero-order valence-corrected chi connectivity index (χ0v) is 16.3. The lowest BCUT2D eigenvalue weighted by molar-refractivity contribution is -0.117. The minimum atomic E-state index is -0.527. The first kappa shape index (κ1) is 19.6. The van der Waals surface area contributed by atoms with Gasteiger partial charge in [-0.1, -0.05) is 73.3 Å². The average molecular weight is 395 g/mol. The number of rotatable bonds is 7. The second-order valence-electron chi connectivity index (χ2n) is 6.02. The number of hydrogen-bond donors (Lipinski definition) is 3. The van der Waals surface area contributed by atoms with Crippen LogP contribution in [0.1, 0.15) is 18.1 Å². The molecule has 7 nitrogen and oxygen atoms in total. The highest BCUT2D eigenvalue weighted by Crippen LogP contribution is 2.19. The molecule has 0 bridgehead atoms. The van der Waals surface area contributed by atoms with Gasteiger partial charge in [-0.25, -0.2) is 9.78 Å². The summed E-state index contributed by atoms with van der Waals surface area (Å²) in [6.45, 7) is 2.46. The maximum atomic E-state index is 11.9. The number of benzene rings is 2. The Morgan fingerprint density at radius 1 is 1.04 bits per heavy atom. The van der Waals surface area contributed by atoms with E-state index in [4.69, 9.17) is 0 Å². The Bertz CT molecular complexity index is 925. The number of hydrogen-bond acceptors (Lipinski definition) is 5. The van der Waals surface area contributed by atoms with Gasteiger partial charge in [-0.3, -0.25) is 15.2 Å². The minimum absolute atomic E-state index is 0.0465. The molecule has 0 saturated carbocycles. The van der Waals surface area contributed by atoms with E-state index in [1.807, 2.05) is 54.6 Å². The van der Waals surface area contributed by atoms with Crippen LogP contribution in [0.4, 0.5) is 4.79 Å². The Labute approximate surface area is 167 Å². The molecular weight excluding hydrogens is 374 g/mol. The van der Waals surface area contributed by atoms with Gasteiger partial charge in [0, 0.05) is 12.1 Å².